The molecule has 1 atom stereocenters. The van der Waals surface area contributed by atoms with Crippen molar-refractivity contribution in [3.05, 3.63) is 24.3 Å². The summed E-state index contributed by atoms with van der Waals surface area (Å²) in [5.74, 6) is 1.61. The van der Waals surface area contributed by atoms with Gasteiger partial charge in [0, 0.05) is 51.2 Å². The molecule has 0 N–H and O–H groups in total. The average Bonchev–Trinajstić information content (AvgIpc) is 2.79. The minimum absolute atomic E-state index is 0.243. The number of hydrogen-bond donors (Lipinski definition) is 0. The van der Waals surface area contributed by atoms with Gasteiger partial charge in [0.15, 0.2) is 0 Å². The van der Waals surface area contributed by atoms with E-state index in [1.54, 1.807) is 7.11 Å². The SMILES string of the molecule is COc1ccccc1N1CCN([C@@H]2CCCN(C(=O)C3CCN(C)CC3)C2)CC1. The van der Waals surface area contributed by atoms with Crippen molar-refractivity contribution < 1.29 is 9.53 Å². The quantitative estimate of drug-likeness (QED) is 0.775. The number of piperidine rings is 2. The maximum atomic E-state index is 13.1. The van der Waals surface area contributed by atoms with E-state index in [-0.39, 0.29) is 5.92 Å². The second-order valence-corrected chi connectivity index (χ2v) is 8.85. The number of amides is 1. The van der Waals surface area contributed by atoms with Gasteiger partial charge in [0.25, 0.3) is 0 Å². The third kappa shape index (κ3) is 4.69. The van der Waals surface area contributed by atoms with Crippen LogP contribution in [0, 0.1) is 5.92 Å². The summed E-state index contributed by atoms with van der Waals surface area (Å²) in [6.45, 7) is 8.11. The Kier molecular flexibility index (Phi) is 6.60. The second kappa shape index (κ2) is 9.35. The molecule has 3 saturated heterocycles. The Balaban J connectivity index is 1.31. The van der Waals surface area contributed by atoms with Gasteiger partial charge in [-0.15, -0.1) is 0 Å². The number of para-hydroxylation sites is 2. The molecule has 0 radical (unpaired) electrons. The molecule has 0 aromatic heterocycles. The smallest absolute Gasteiger partial charge is 0.225 e. The molecule has 0 saturated carbocycles. The Labute approximate surface area is 175 Å². The molecule has 29 heavy (non-hydrogen) atoms. The van der Waals surface area contributed by atoms with Crippen LogP contribution in [0.5, 0.6) is 5.75 Å². The van der Waals surface area contributed by atoms with Crippen LogP contribution >= 0.6 is 0 Å². The van der Waals surface area contributed by atoms with Crippen molar-refractivity contribution >= 4 is 11.6 Å². The number of anilines is 1. The minimum Gasteiger partial charge on any atom is -0.495 e. The van der Waals surface area contributed by atoms with Crippen molar-refractivity contribution in [2.24, 2.45) is 5.92 Å². The van der Waals surface area contributed by atoms with E-state index in [1.807, 2.05) is 12.1 Å². The standard InChI is InChI=1S/C23H36N4O2/c1-24-12-9-19(10-13-24)23(28)27-11-5-6-20(18-27)25-14-16-26(17-15-25)21-7-3-4-8-22(21)29-2/h3-4,7-8,19-20H,5-6,9-18H2,1-2H3/t20-/m1/s1. The number of piperazine rings is 1. The molecule has 0 unspecified atom stereocenters. The number of ether oxygens (including phenoxy) is 1. The van der Waals surface area contributed by atoms with Crippen molar-refractivity contribution in [1.29, 1.82) is 0 Å². The zero-order valence-electron chi connectivity index (χ0n) is 18.1. The van der Waals surface area contributed by atoms with Gasteiger partial charge in [0.05, 0.1) is 12.8 Å². The summed E-state index contributed by atoms with van der Waals surface area (Å²) in [4.78, 5) is 22.6. The summed E-state index contributed by atoms with van der Waals surface area (Å²) < 4.78 is 5.54. The normalized spacial score (nSPS) is 25.2. The Morgan fingerprint density at radius 3 is 2.41 bits per heavy atom. The lowest BCUT2D eigenvalue weighted by Crippen LogP contribution is -2.56. The molecule has 0 spiro atoms. The van der Waals surface area contributed by atoms with Crippen LogP contribution in [0.2, 0.25) is 0 Å². The van der Waals surface area contributed by atoms with Gasteiger partial charge in [0.2, 0.25) is 5.91 Å². The van der Waals surface area contributed by atoms with Crippen LogP contribution in [0.15, 0.2) is 24.3 Å². The summed E-state index contributed by atoms with van der Waals surface area (Å²) >= 11 is 0. The van der Waals surface area contributed by atoms with Gasteiger partial charge in [-0.25, -0.2) is 0 Å². The molecular formula is C23H36N4O2. The highest BCUT2D eigenvalue weighted by atomic mass is 16.5. The Bertz CT molecular complexity index is 681. The molecule has 0 bridgehead atoms. The van der Waals surface area contributed by atoms with Crippen LogP contribution in [0.1, 0.15) is 25.7 Å². The second-order valence-electron chi connectivity index (χ2n) is 8.85. The van der Waals surface area contributed by atoms with Gasteiger partial charge < -0.3 is 19.4 Å². The molecule has 3 aliphatic heterocycles. The Morgan fingerprint density at radius 1 is 0.966 bits per heavy atom. The Morgan fingerprint density at radius 2 is 1.69 bits per heavy atom. The number of carbonyl (C=O) groups excluding carboxylic acids is 1. The molecule has 3 heterocycles. The number of hydrogen-bond acceptors (Lipinski definition) is 5. The van der Waals surface area contributed by atoms with E-state index in [4.69, 9.17) is 4.74 Å². The molecule has 6 nitrogen and oxygen atoms in total. The maximum absolute atomic E-state index is 13.1. The van der Waals surface area contributed by atoms with Gasteiger partial charge in [-0.2, -0.15) is 0 Å². The van der Waals surface area contributed by atoms with Crippen LogP contribution in [-0.4, -0.2) is 93.2 Å². The molecule has 1 amide bonds. The van der Waals surface area contributed by atoms with Gasteiger partial charge in [-0.3, -0.25) is 9.69 Å². The first-order chi connectivity index (χ1) is 14.2. The molecule has 160 valence electrons. The average molecular weight is 401 g/mol. The van der Waals surface area contributed by atoms with Crippen LogP contribution in [-0.2, 0) is 4.79 Å². The first kappa shape index (κ1) is 20.5. The van der Waals surface area contributed by atoms with E-state index >= 15 is 0 Å². The van der Waals surface area contributed by atoms with Crippen molar-refractivity contribution in [2.75, 3.05) is 71.4 Å². The highest BCUT2D eigenvalue weighted by molar-refractivity contribution is 5.79. The van der Waals surface area contributed by atoms with Crippen molar-refractivity contribution in [3.63, 3.8) is 0 Å². The molecule has 1 aromatic rings. The predicted molar refractivity (Wildman–Crippen MR) is 117 cm³/mol. The van der Waals surface area contributed by atoms with Crippen molar-refractivity contribution in [3.8, 4) is 5.75 Å². The fraction of sp³-hybridized carbons (Fsp3) is 0.696. The van der Waals surface area contributed by atoms with E-state index in [0.717, 1.165) is 77.4 Å². The molecule has 3 aliphatic rings. The predicted octanol–water partition coefficient (Wildman–Crippen LogP) is 2.15. The monoisotopic (exact) mass is 400 g/mol. The van der Waals surface area contributed by atoms with E-state index in [2.05, 4.69) is 38.8 Å². The number of benzene rings is 1. The van der Waals surface area contributed by atoms with E-state index in [9.17, 15) is 4.79 Å². The zero-order chi connectivity index (χ0) is 20.2. The molecule has 3 fully saturated rings. The largest absolute Gasteiger partial charge is 0.495 e. The molecule has 0 aliphatic carbocycles. The van der Waals surface area contributed by atoms with Crippen LogP contribution in [0.4, 0.5) is 5.69 Å². The molecule has 4 rings (SSSR count). The summed E-state index contributed by atoms with van der Waals surface area (Å²) in [5.41, 5.74) is 1.19. The van der Waals surface area contributed by atoms with Gasteiger partial charge in [-0.05, 0) is 58.0 Å². The van der Waals surface area contributed by atoms with Gasteiger partial charge in [-0.1, -0.05) is 12.1 Å². The van der Waals surface area contributed by atoms with Gasteiger partial charge >= 0.3 is 0 Å². The minimum atomic E-state index is 0.243. The number of methoxy groups -OCH3 is 1. The fourth-order valence-corrected chi connectivity index (χ4v) is 5.19. The lowest BCUT2D eigenvalue weighted by molar-refractivity contribution is -0.139. The van der Waals surface area contributed by atoms with E-state index in [0.29, 0.717) is 11.9 Å². The van der Waals surface area contributed by atoms with Crippen molar-refractivity contribution in [2.45, 2.75) is 31.7 Å². The summed E-state index contributed by atoms with van der Waals surface area (Å²) in [7, 11) is 3.90. The number of likely N-dealkylation sites (tertiary alicyclic amines) is 2. The van der Waals surface area contributed by atoms with Crippen LogP contribution < -0.4 is 9.64 Å². The third-order valence-corrected chi connectivity index (χ3v) is 7.03. The lowest BCUT2D eigenvalue weighted by Gasteiger charge is -2.44. The molecular weight excluding hydrogens is 364 g/mol. The lowest BCUT2D eigenvalue weighted by atomic mass is 9.93. The number of rotatable bonds is 4. The van der Waals surface area contributed by atoms with Crippen LogP contribution in [0.3, 0.4) is 0 Å². The number of nitrogens with zero attached hydrogens (tertiary/aromatic N) is 4. The highest BCUT2D eigenvalue weighted by Gasteiger charge is 2.33. The topological polar surface area (TPSA) is 39.3 Å². The highest BCUT2D eigenvalue weighted by Crippen LogP contribution is 2.29. The van der Waals surface area contributed by atoms with Gasteiger partial charge in [0.1, 0.15) is 5.75 Å². The third-order valence-electron chi connectivity index (χ3n) is 7.03. The summed E-state index contributed by atoms with van der Waals surface area (Å²) in [6, 6.07) is 8.81. The summed E-state index contributed by atoms with van der Waals surface area (Å²) in [5, 5.41) is 0. The van der Waals surface area contributed by atoms with E-state index < -0.39 is 0 Å². The maximum Gasteiger partial charge on any atom is 0.225 e. The first-order valence-corrected chi connectivity index (χ1v) is 11.2. The molecule has 1 aromatic carbocycles. The van der Waals surface area contributed by atoms with Crippen molar-refractivity contribution in [1.82, 2.24) is 14.7 Å². The number of carbonyl (C=O) groups is 1. The zero-order valence-corrected chi connectivity index (χ0v) is 18.1. The van der Waals surface area contributed by atoms with Crippen LogP contribution in [0.25, 0.3) is 0 Å². The fourth-order valence-electron chi connectivity index (χ4n) is 5.19. The van der Waals surface area contributed by atoms with E-state index in [1.165, 1.54) is 12.1 Å². The Hall–Kier alpha value is -1.79. The first-order valence-electron chi connectivity index (χ1n) is 11.2. The molecule has 6 heteroatoms. The summed E-state index contributed by atoms with van der Waals surface area (Å²) in [6.07, 6.45) is 4.39.